The third-order valence-electron chi connectivity index (χ3n) is 25.2. The summed E-state index contributed by atoms with van der Waals surface area (Å²) in [6, 6.07) is 0. The maximum atomic E-state index is 6.46. The second-order valence-corrected chi connectivity index (χ2v) is 59.6. The van der Waals surface area contributed by atoms with Gasteiger partial charge >= 0.3 is 760 Å². The number of unbranched alkanes of at least 4 members (excludes halogenated alkanes) is 40. The Kier molecular flexibility index (Phi) is 39.9. The number of benzene rings is 4. The molecule has 0 fully saturated rings. The first-order valence-corrected chi connectivity index (χ1v) is 69.9. The second-order valence-electron chi connectivity index (χ2n) is 34.2. The minimum absolute atomic E-state index is 0.338. The summed E-state index contributed by atoms with van der Waals surface area (Å²) in [5.41, 5.74) is 21.0. The first-order chi connectivity index (χ1) is 57.4. The molecule has 20 heteroatoms. The summed E-state index contributed by atoms with van der Waals surface area (Å²) >= 11 is 1.35. The van der Waals surface area contributed by atoms with Crippen molar-refractivity contribution in [1.29, 1.82) is 0 Å². The van der Waals surface area contributed by atoms with Crippen molar-refractivity contribution in [2.45, 2.75) is 454 Å². The molecule has 6 aliphatic heterocycles. The Morgan fingerprint density at radius 2 is 0.328 bits per heavy atom. The molecule has 13 rings (SSSR count). The number of aryl methyl sites for hydroxylation is 4. The molecule has 3 aromatic heterocycles. The standard InChI is InChI=1S/C96H138N8S8Se4/c1-9-17-25-33-41-49-57-65-73-74(66(82-81(65)105-113-106-82)58-50-42-34-26-18-10-2)90-97-89(73)101-91-75-67(59-51-43-35-27-19-11-3)83-84(108-114-107-83)68(60-52-44-36-28-20-12-4)76(75)93(98-91)103-95-79-71(63-55-47-39-31-23-15-7)87-88(112-116-111-87)72(64-56-48-40-32-24-16-8)80(79)96(100-95)104-94-78-70(62-54-46-38-30-22-14-6)86-85(109-115-110-86)69(77(78)92(99-94)102-90)61-53-45-37-29-21-13-5/h9-64H2,1-8H3,(H2,97,98,99,100,101,102,103,104). The van der Waals surface area contributed by atoms with E-state index >= 15 is 0 Å². The van der Waals surface area contributed by atoms with Gasteiger partial charge in [0.05, 0.1) is 0 Å². The molecular formula is C96H138N8S8Se4. The van der Waals surface area contributed by atoms with Gasteiger partial charge in [0.15, 0.2) is 0 Å². The summed E-state index contributed by atoms with van der Waals surface area (Å²) in [5.74, 6) is 3.47. The van der Waals surface area contributed by atoms with Crippen molar-refractivity contribution in [3.63, 3.8) is 0 Å². The molecule has 0 saturated heterocycles. The van der Waals surface area contributed by atoms with E-state index in [4.69, 9.17) is 29.9 Å². The number of fused-ring (bicyclic) bond motifs is 24. The Labute approximate surface area is 752 Å². The zero-order valence-electron chi connectivity index (χ0n) is 72.2. The minimum atomic E-state index is 0.338. The fourth-order valence-corrected chi connectivity index (χ4v) is 51.6. The normalized spacial score (nSPS) is 14.0. The number of H-pyrrole nitrogens is 2. The number of nitrogens with zero attached hydrogens (tertiary/aromatic N) is 6. The molecule has 4 aromatic carbocycles. The molecule has 0 unspecified atom stereocenters. The van der Waals surface area contributed by atoms with Gasteiger partial charge in [-0.3, -0.25) is 0 Å². The molecule has 116 heavy (non-hydrogen) atoms. The van der Waals surface area contributed by atoms with E-state index in [2.05, 4.69) is 147 Å². The number of aromatic amines is 2. The zero-order valence-corrected chi connectivity index (χ0v) is 85.6. The fraction of sp³-hybridized carbons (Fsp3) is 0.667. The average Bonchev–Trinajstić information content (AvgIpc) is 1.55. The van der Waals surface area contributed by atoms with Crippen LogP contribution in [0.5, 0.6) is 0 Å². The van der Waals surface area contributed by atoms with Crippen LogP contribution < -0.4 is 0 Å². The summed E-state index contributed by atoms with van der Waals surface area (Å²) in [5, 5.41) is 5.26. The van der Waals surface area contributed by atoms with Crippen molar-refractivity contribution in [2.75, 3.05) is 0 Å². The van der Waals surface area contributed by atoms with Gasteiger partial charge in [0, 0.05) is 0 Å². The molecule has 0 aliphatic carbocycles. The van der Waals surface area contributed by atoms with E-state index in [0.29, 0.717) is 50.9 Å². The monoisotopic (exact) mass is 1980 g/mol. The van der Waals surface area contributed by atoms with Crippen LogP contribution in [0, 0.1) is 0 Å². The van der Waals surface area contributed by atoms with Gasteiger partial charge in [-0.15, -0.1) is 0 Å². The molecule has 2 N–H and O–H groups in total. The fourth-order valence-electron chi connectivity index (χ4n) is 18.8. The van der Waals surface area contributed by atoms with Crippen molar-refractivity contribution in [2.24, 2.45) is 0 Å². The van der Waals surface area contributed by atoms with Crippen LogP contribution in [-0.2, 0) is 51.4 Å². The van der Waals surface area contributed by atoms with Gasteiger partial charge in [0.2, 0.25) is 0 Å². The van der Waals surface area contributed by atoms with Gasteiger partial charge in [0.25, 0.3) is 0 Å². The molecule has 0 atom stereocenters. The SMILES string of the molecule is CCCCCCCCc1c2c(c(CCCCCCCC)c3c1-c1nc-3nc3[nH]c(nc4nc(nc5[nH]c(n1)c1c(CCCCCCCC)c6c(c(CCCCCCCC)c51)S[Se]S6)-c1c(CCCCCCCC)c5c(c(CCCCCCCC)c1-4)S[Se]S5)c1c(CCCCCCCC)c4c(c(CCCCCCCC)c31)S[Se]S4)S[Se]S2. The van der Waals surface area contributed by atoms with Crippen LogP contribution in [0.15, 0.2) is 39.2 Å². The molecular weight excluding hydrogens is 1840 g/mol. The van der Waals surface area contributed by atoms with E-state index in [1.54, 1.807) is 39.2 Å². The van der Waals surface area contributed by atoms with E-state index in [-0.39, 0.29) is 0 Å². The molecule has 9 heterocycles. The van der Waals surface area contributed by atoms with E-state index in [1.165, 1.54) is 397 Å². The van der Waals surface area contributed by atoms with E-state index in [1.807, 2.05) is 0 Å². The van der Waals surface area contributed by atoms with E-state index in [0.717, 1.165) is 97.3 Å². The third kappa shape index (κ3) is 23.3. The van der Waals surface area contributed by atoms with Gasteiger partial charge in [-0.1, -0.05) is 0 Å². The molecule has 634 valence electrons. The van der Waals surface area contributed by atoms with Crippen LogP contribution >= 0.6 is 81.4 Å². The Morgan fingerprint density at radius 3 is 0.500 bits per heavy atom. The van der Waals surface area contributed by atoms with Crippen molar-refractivity contribution in [1.82, 2.24) is 39.9 Å². The first-order valence-electron chi connectivity index (χ1n) is 47.1. The second kappa shape index (κ2) is 49.9. The van der Waals surface area contributed by atoms with Crippen LogP contribution in [0.25, 0.3) is 89.7 Å². The number of hydrogen-bond acceptors (Lipinski definition) is 14. The van der Waals surface area contributed by atoms with Crippen LogP contribution in [0.4, 0.5) is 0 Å². The maximum absolute atomic E-state index is 6.46. The van der Waals surface area contributed by atoms with Gasteiger partial charge in [0.1, 0.15) is 0 Å². The number of hydrogen-bond donors (Lipinski definition) is 2. The van der Waals surface area contributed by atoms with E-state index in [9.17, 15) is 0 Å². The predicted octanol–water partition coefficient (Wildman–Crippen LogP) is 33.0. The van der Waals surface area contributed by atoms with Crippen molar-refractivity contribution >= 4 is 176 Å². The molecule has 8 nitrogen and oxygen atoms in total. The molecule has 0 radical (unpaired) electrons. The first kappa shape index (κ1) is 92.8. The van der Waals surface area contributed by atoms with Crippen molar-refractivity contribution < 1.29 is 0 Å². The number of aromatic nitrogens is 8. The molecule has 7 aromatic rings. The Bertz CT molecular complexity index is 3990. The Hall–Kier alpha value is -0.882. The van der Waals surface area contributed by atoms with E-state index < -0.39 is 0 Å². The molecule has 8 bridgehead atoms. The molecule has 6 aliphatic rings. The van der Waals surface area contributed by atoms with Crippen LogP contribution in [0.1, 0.15) is 408 Å². The third-order valence-corrected chi connectivity index (χ3v) is 51.5. The van der Waals surface area contributed by atoms with Crippen LogP contribution in [0.3, 0.4) is 0 Å². The molecule has 0 saturated carbocycles. The number of rotatable bonds is 56. The quantitative estimate of drug-likeness (QED) is 0.0279. The Morgan fingerprint density at radius 1 is 0.181 bits per heavy atom. The van der Waals surface area contributed by atoms with Gasteiger partial charge in [-0.25, -0.2) is 0 Å². The summed E-state index contributed by atoms with van der Waals surface area (Å²) in [7, 11) is 17.4. The van der Waals surface area contributed by atoms with Crippen molar-refractivity contribution in [3.8, 4) is 45.6 Å². The average molecular weight is 1980 g/mol. The Balaban J connectivity index is 1.20. The van der Waals surface area contributed by atoms with Gasteiger partial charge < -0.3 is 0 Å². The van der Waals surface area contributed by atoms with Gasteiger partial charge in [-0.2, -0.15) is 0 Å². The summed E-state index contributed by atoms with van der Waals surface area (Å²) < 4.78 is 0. The molecule has 0 spiro atoms. The summed E-state index contributed by atoms with van der Waals surface area (Å²) in [6.07, 6.45) is 69.1. The zero-order chi connectivity index (χ0) is 80.2. The predicted molar refractivity (Wildman–Crippen MR) is 523 cm³/mol. The van der Waals surface area contributed by atoms with Crippen LogP contribution in [-0.4, -0.2) is 90.7 Å². The summed E-state index contributed by atoms with van der Waals surface area (Å²) in [6.45, 7) is 18.9. The van der Waals surface area contributed by atoms with Gasteiger partial charge in [-0.05, 0) is 0 Å². The van der Waals surface area contributed by atoms with Crippen molar-refractivity contribution in [3.05, 3.63) is 44.5 Å². The topological polar surface area (TPSA) is 109 Å². The summed E-state index contributed by atoms with van der Waals surface area (Å²) in [4.78, 5) is 59.5. The number of nitrogens with one attached hydrogen (secondary N) is 2. The van der Waals surface area contributed by atoms with Crippen LogP contribution in [0.2, 0.25) is 0 Å². The molecule has 0 amide bonds.